The Balaban J connectivity index is 2.37. The van der Waals surface area contributed by atoms with Crippen LogP contribution in [0.15, 0.2) is 0 Å². The second kappa shape index (κ2) is 6.65. The molecule has 1 N–H and O–H groups in total. The summed E-state index contributed by atoms with van der Waals surface area (Å²) in [7, 11) is 0. The van der Waals surface area contributed by atoms with E-state index in [-0.39, 0.29) is 0 Å². The first-order chi connectivity index (χ1) is 7.27. The normalized spacial score (nSPS) is 10.9. The fourth-order valence-electron chi connectivity index (χ4n) is 1.88. The number of nitrogens with zero attached hydrogens (tertiary/aromatic N) is 1. The SMILES string of the molecule is CCCCCCc1nc(CCC)c(C)[nH]1. The molecule has 2 heteroatoms. The number of hydrogen-bond acceptors (Lipinski definition) is 1. The van der Waals surface area contributed by atoms with Gasteiger partial charge in [0.15, 0.2) is 0 Å². The van der Waals surface area contributed by atoms with E-state index in [0.717, 1.165) is 12.8 Å². The van der Waals surface area contributed by atoms with Gasteiger partial charge >= 0.3 is 0 Å². The molecule has 0 saturated carbocycles. The van der Waals surface area contributed by atoms with Crippen LogP contribution in [0.2, 0.25) is 0 Å². The highest BCUT2D eigenvalue weighted by molar-refractivity contribution is 5.13. The van der Waals surface area contributed by atoms with E-state index in [4.69, 9.17) is 0 Å². The van der Waals surface area contributed by atoms with Crippen LogP contribution in [0, 0.1) is 6.92 Å². The molecule has 0 aromatic carbocycles. The van der Waals surface area contributed by atoms with E-state index in [1.54, 1.807) is 0 Å². The minimum absolute atomic E-state index is 1.11. The summed E-state index contributed by atoms with van der Waals surface area (Å²) in [5.74, 6) is 1.19. The number of rotatable bonds is 7. The molecular weight excluding hydrogens is 184 g/mol. The molecule has 1 rings (SSSR count). The molecule has 0 amide bonds. The van der Waals surface area contributed by atoms with E-state index in [9.17, 15) is 0 Å². The molecule has 15 heavy (non-hydrogen) atoms. The summed E-state index contributed by atoms with van der Waals surface area (Å²) < 4.78 is 0. The lowest BCUT2D eigenvalue weighted by Crippen LogP contribution is -1.89. The zero-order valence-electron chi connectivity index (χ0n) is 10.4. The summed E-state index contributed by atoms with van der Waals surface area (Å²) in [5, 5.41) is 0. The fraction of sp³-hybridized carbons (Fsp3) is 0.769. The highest BCUT2D eigenvalue weighted by Gasteiger charge is 2.04. The monoisotopic (exact) mass is 208 g/mol. The number of aromatic nitrogens is 2. The van der Waals surface area contributed by atoms with Gasteiger partial charge in [0, 0.05) is 12.1 Å². The van der Waals surface area contributed by atoms with Crippen molar-refractivity contribution in [3.8, 4) is 0 Å². The fourth-order valence-corrected chi connectivity index (χ4v) is 1.88. The van der Waals surface area contributed by atoms with Crippen LogP contribution in [0.3, 0.4) is 0 Å². The van der Waals surface area contributed by atoms with Crippen molar-refractivity contribution in [2.45, 2.75) is 65.7 Å². The lowest BCUT2D eigenvalue weighted by molar-refractivity contribution is 0.654. The predicted octanol–water partition coefficient (Wildman–Crippen LogP) is 3.79. The van der Waals surface area contributed by atoms with Gasteiger partial charge in [-0.3, -0.25) is 0 Å². The maximum absolute atomic E-state index is 4.64. The molecule has 0 radical (unpaired) electrons. The molecule has 0 unspecified atom stereocenters. The van der Waals surface area contributed by atoms with E-state index in [1.165, 1.54) is 49.3 Å². The molecule has 0 saturated heterocycles. The second-order valence-electron chi connectivity index (χ2n) is 4.32. The van der Waals surface area contributed by atoms with Crippen LogP contribution in [-0.4, -0.2) is 9.97 Å². The van der Waals surface area contributed by atoms with Gasteiger partial charge < -0.3 is 4.98 Å². The van der Waals surface area contributed by atoms with Gasteiger partial charge in [0.05, 0.1) is 5.69 Å². The maximum atomic E-state index is 4.64. The van der Waals surface area contributed by atoms with Gasteiger partial charge in [0.25, 0.3) is 0 Å². The third-order valence-electron chi connectivity index (χ3n) is 2.79. The number of imidazole rings is 1. The number of nitrogens with one attached hydrogen (secondary N) is 1. The molecule has 0 atom stereocenters. The van der Waals surface area contributed by atoms with Gasteiger partial charge in [0.1, 0.15) is 5.82 Å². The van der Waals surface area contributed by atoms with Crippen LogP contribution in [0.25, 0.3) is 0 Å². The van der Waals surface area contributed by atoms with Crippen molar-refractivity contribution in [1.29, 1.82) is 0 Å². The van der Waals surface area contributed by atoms with Gasteiger partial charge in [-0.25, -0.2) is 4.98 Å². The lowest BCUT2D eigenvalue weighted by Gasteiger charge is -1.96. The number of aryl methyl sites for hydroxylation is 3. The molecule has 2 nitrogen and oxygen atoms in total. The zero-order valence-corrected chi connectivity index (χ0v) is 10.4. The quantitative estimate of drug-likeness (QED) is 0.678. The Bertz CT molecular complexity index is 276. The minimum atomic E-state index is 1.11. The number of hydrogen-bond donors (Lipinski definition) is 1. The molecule has 0 aliphatic heterocycles. The van der Waals surface area contributed by atoms with Gasteiger partial charge in [0.2, 0.25) is 0 Å². The molecule has 1 heterocycles. The minimum Gasteiger partial charge on any atom is -0.346 e. The highest BCUT2D eigenvalue weighted by Crippen LogP contribution is 2.10. The Morgan fingerprint density at radius 1 is 1.00 bits per heavy atom. The second-order valence-corrected chi connectivity index (χ2v) is 4.32. The molecule has 0 bridgehead atoms. The smallest absolute Gasteiger partial charge is 0.106 e. The van der Waals surface area contributed by atoms with Crippen molar-refractivity contribution < 1.29 is 0 Å². The Labute approximate surface area is 93.5 Å². The summed E-state index contributed by atoms with van der Waals surface area (Å²) in [6, 6.07) is 0. The van der Waals surface area contributed by atoms with Crippen molar-refractivity contribution in [2.24, 2.45) is 0 Å². The van der Waals surface area contributed by atoms with E-state index in [2.05, 4.69) is 30.7 Å². The summed E-state index contributed by atoms with van der Waals surface area (Å²) in [6.45, 7) is 6.58. The first-order valence-electron chi connectivity index (χ1n) is 6.32. The molecule has 0 fully saturated rings. The summed E-state index contributed by atoms with van der Waals surface area (Å²) in [5.41, 5.74) is 2.53. The predicted molar refractivity (Wildman–Crippen MR) is 65.2 cm³/mol. The van der Waals surface area contributed by atoms with Crippen molar-refractivity contribution >= 4 is 0 Å². The zero-order chi connectivity index (χ0) is 11.1. The molecule has 1 aromatic rings. The first kappa shape index (κ1) is 12.3. The van der Waals surface area contributed by atoms with E-state index < -0.39 is 0 Å². The Morgan fingerprint density at radius 2 is 1.80 bits per heavy atom. The van der Waals surface area contributed by atoms with Crippen molar-refractivity contribution in [3.05, 3.63) is 17.2 Å². The van der Waals surface area contributed by atoms with Gasteiger partial charge in [-0.2, -0.15) is 0 Å². The standard InChI is InChI=1S/C13H24N2/c1-4-6-7-8-10-13-14-11(3)12(15-13)9-5-2/h4-10H2,1-3H3,(H,14,15). The van der Waals surface area contributed by atoms with Gasteiger partial charge in [-0.05, 0) is 19.8 Å². The van der Waals surface area contributed by atoms with Gasteiger partial charge in [-0.15, -0.1) is 0 Å². The molecular formula is C13H24N2. The molecule has 86 valence electrons. The topological polar surface area (TPSA) is 28.7 Å². The Kier molecular flexibility index (Phi) is 5.44. The van der Waals surface area contributed by atoms with E-state index in [0.29, 0.717) is 0 Å². The Hall–Kier alpha value is -0.790. The van der Waals surface area contributed by atoms with Crippen molar-refractivity contribution in [1.82, 2.24) is 9.97 Å². The summed E-state index contributed by atoms with van der Waals surface area (Å²) >= 11 is 0. The van der Waals surface area contributed by atoms with Gasteiger partial charge in [-0.1, -0.05) is 39.5 Å². The summed E-state index contributed by atoms with van der Waals surface area (Å²) in [6.07, 6.45) is 8.66. The highest BCUT2D eigenvalue weighted by atomic mass is 14.9. The van der Waals surface area contributed by atoms with Crippen molar-refractivity contribution in [2.75, 3.05) is 0 Å². The average Bonchev–Trinajstić information content (AvgIpc) is 2.55. The van der Waals surface area contributed by atoms with Crippen LogP contribution >= 0.6 is 0 Å². The number of aromatic amines is 1. The van der Waals surface area contributed by atoms with Crippen LogP contribution in [0.5, 0.6) is 0 Å². The van der Waals surface area contributed by atoms with E-state index in [1.807, 2.05) is 0 Å². The largest absolute Gasteiger partial charge is 0.346 e. The third kappa shape index (κ3) is 4.06. The van der Waals surface area contributed by atoms with Crippen LogP contribution in [-0.2, 0) is 12.8 Å². The molecule has 1 aromatic heterocycles. The first-order valence-corrected chi connectivity index (χ1v) is 6.32. The molecule has 0 aliphatic carbocycles. The van der Waals surface area contributed by atoms with Crippen molar-refractivity contribution in [3.63, 3.8) is 0 Å². The van der Waals surface area contributed by atoms with Crippen LogP contribution in [0.4, 0.5) is 0 Å². The third-order valence-corrected chi connectivity index (χ3v) is 2.79. The Morgan fingerprint density at radius 3 is 2.47 bits per heavy atom. The number of H-pyrrole nitrogens is 1. The molecule has 0 spiro atoms. The van der Waals surface area contributed by atoms with E-state index >= 15 is 0 Å². The maximum Gasteiger partial charge on any atom is 0.106 e. The van der Waals surface area contributed by atoms with Crippen LogP contribution in [0.1, 0.15) is 63.2 Å². The molecule has 0 aliphatic rings. The average molecular weight is 208 g/mol. The number of unbranched alkanes of at least 4 members (excludes halogenated alkanes) is 3. The summed E-state index contributed by atoms with van der Waals surface area (Å²) in [4.78, 5) is 8.04. The van der Waals surface area contributed by atoms with Crippen LogP contribution < -0.4 is 0 Å². The lowest BCUT2D eigenvalue weighted by atomic mass is 10.1.